The van der Waals surface area contributed by atoms with E-state index in [-0.39, 0.29) is 4.87 Å². The fourth-order valence-corrected chi connectivity index (χ4v) is 1.26. The number of hydrogen-bond donors (Lipinski definition) is 1. The molecule has 0 aromatic rings. The summed E-state index contributed by atoms with van der Waals surface area (Å²) in [5, 5.41) is 0.762. The third kappa shape index (κ3) is 1.94. The molecule has 0 aliphatic heterocycles. The van der Waals surface area contributed by atoms with E-state index in [1.807, 2.05) is 18.2 Å². The van der Waals surface area contributed by atoms with E-state index in [9.17, 15) is 0 Å². The zero-order valence-electron chi connectivity index (χ0n) is 5.35. The van der Waals surface area contributed by atoms with E-state index in [1.54, 1.807) is 0 Å². The second-order valence-corrected chi connectivity index (χ2v) is 3.82. The molecule has 0 spiro atoms. The van der Waals surface area contributed by atoms with Gasteiger partial charge in [-0.1, -0.05) is 23.8 Å². The largest absolute Gasteiger partial charge is 0.177 e. The summed E-state index contributed by atoms with van der Waals surface area (Å²) in [6, 6.07) is 0. The van der Waals surface area contributed by atoms with Gasteiger partial charge in [0.05, 0.1) is 4.87 Å². The van der Waals surface area contributed by atoms with Crippen molar-refractivity contribution in [3.05, 3.63) is 23.3 Å². The summed E-state index contributed by atoms with van der Waals surface area (Å²) in [5.41, 5.74) is 0. The maximum atomic E-state index is 6.06. The molecule has 0 bridgehead atoms. The van der Waals surface area contributed by atoms with Crippen molar-refractivity contribution in [2.45, 2.75) is 11.3 Å². The molecule has 1 aliphatic carbocycles. The zero-order valence-corrected chi connectivity index (χ0v) is 7.76. The number of thiol groups is 1. The minimum atomic E-state index is -0.304. The van der Waals surface area contributed by atoms with Crippen LogP contribution < -0.4 is 0 Å². The van der Waals surface area contributed by atoms with Crippen molar-refractivity contribution in [2.24, 2.45) is 0 Å². The van der Waals surface area contributed by atoms with Gasteiger partial charge >= 0.3 is 0 Å². The standard InChI is InChI=1S/C7H8Cl2S/c8-6-1-3-7(9,5-10)4-2-6/h1-3,10H,4-5H2. The Morgan fingerprint density at radius 3 is 2.80 bits per heavy atom. The Hall–Kier alpha value is 0.410. The third-order valence-electron chi connectivity index (χ3n) is 1.44. The highest BCUT2D eigenvalue weighted by Crippen LogP contribution is 2.29. The lowest BCUT2D eigenvalue weighted by molar-refractivity contribution is 0.796. The topological polar surface area (TPSA) is 0 Å². The number of allylic oxidation sites excluding steroid dienone is 4. The van der Waals surface area contributed by atoms with Crippen molar-refractivity contribution in [1.29, 1.82) is 0 Å². The van der Waals surface area contributed by atoms with Crippen molar-refractivity contribution in [3.8, 4) is 0 Å². The molecule has 0 nitrogen and oxygen atoms in total. The van der Waals surface area contributed by atoms with Crippen LogP contribution in [0.15, 0.2) is 23.3 Å². The van der Waals surface area contributed by atoms with E-state index in [2.05, 4.69) is 12.6 Å². The first-order valence-corrected chi connectivity index (χ1v) is 4.40. The first-order valence-electron chi connectivity index (χ1n) is 3.01. The number of alkyl halides is 1. The molecule has 0 fully saturated rings. The molecule has 1 rings (SSSR count). The summed E-state index contributed by atoms with van der Waals surface area (Å²) in [7, 11) is 0. The average molecular weight is 195 g/mol. The van der Waals surface area contributed by atoms with Gasteiger partial charge in [-0.15, -0.1) is 11.6 Å². The molecule has 1 atom stereocenters. The third-order valence-corrected chi connectivity index (χ3v) is 2.89. The van der Waals surface area contributed by atoms with Gasteiger partial charge in [0.1, 0.15) is 0 Å². The zero-order chi connectivity index (χ0) is 7.61. The van der Waals surface area contributed by atoms with Gasteiger partial charge in [0.15, 0.2) is 0 Å². The predicted molar refractivity (Wildman–Crippen MR) is 50.1 cm³/mol. The molecule has 56 valence electrons. The maximum absolute atomic E-state index is 6.06. The Morgan fingerprint density at radius 1 is 1.70 bits per heavy atom. The van der Waals surface area contributed by atoms with Crippen LogP contribution in [0.5, 0.6) is 0 Å². The minimum absolute atomic E-state index is 0.304. The Kier molecular flexibility index (Phi) is 2.73. The second kappa shape index (κ2) is 3.21. The molecule has 0 heterocycles. The monoisotopic (exact) mass is 194 g/mol. The summed E-state index contributed by atoms with van der Waals surface area (Å²) >= 11 is 15.9. The number of hydrogen-bond acceptors (Lipinski definition) is 1. The molecule has 1 aliphatic rings. The lowest BCUT2D eigenvalue weighted by Crippen LogP contribution is -2.21. The highest BCUT2D eigenvalue weighted by molar-refractivity contribution is 7.80. The molecule has 1 unspecified atom stereocenters. The summed E-state index contributed by atoms with van der Waals surface area (Å²) in [6.45, 7) is 0. The van der Waals surface area contributed by atoms with E-state index in [0.29, 0.717) is 5.75 Å². The van der Waals surface area contributed by atoms with Crippen LogP contribution in [0.2, 0.25) is 0 Å². The molecule has 0 saturated carbocycles. The SMILES string of the molecule is SCC1(Cl)C=CC(Cl)=CC1. The van der Waals surface area contributed by atoms with Crippen LogP contribution in [0, 0.1) is 0 Å². The van der Waals surface area contributed by atoms with Gasteiger partial charge in [-0.05, 0) is 12.5 Å². The van der Waals surface area contributed by atoms with Crippen molar-refractivity contribution in [2.75, 3.05) is 5.75 Å². The van der Waals surface area contributed by atoms with Gasteiger partial charge in [0.25, 0.3) is 0 Å². The molecule has 0 aromatic carbocycles. The molecule has 3 heteroatoms. The Labute approximate surface area is 76.3 Å². The van der Waals surface area contributed by atoms with Crippen LogP contribution in [-0.4, -0.2) is 10.6 Å². The summed E-state index contributed by atoms with van der Waals surface area (Å²) < 4.78 is 0. The van der Waals surface area contributed by atoms with E-state index < -0.39 is 0 Å². The van der Waals surface area contributed by atoms with Gasteiger partial charge in [-0.3, -0.25) is 0 Å². The molecular weight excluding hydrogens is 187 g/mol. The van der Waals surface area contributed by atoms with Crippen LogP contribution >= 0.6 is 35.8 Å². The maximum Gasteiger partial charge on any atom is 0.0752 e. The minimum Gasteiger partial charge on any atom is -0.177 e. The van der Waals surface area contributed by atoms with Gasteiger partial charge in [-0.25, -0.2) is 0 Å². The molecule has 0 aromatic heterocycles. The quantitative estimate of drug-likeness (QED) is 0.482. The lowest BCUT2D eigenvalue weighted by atomic mass is 10.0. The lowest BCUT2D eigenvalue weighted by Gasteiger charge is -2.21. The first-order chi connectivity index (χ1) is 4.66. The van der Waals surface area contributed by atoms with E-state index >= 15 is 0 Å². The van der Waals surface area contributed by atoms with Crippen LogP contribution in [0.1, 0.15) is 6.42 Å². The van der Waals surface area contributed by atoms with Gasteiger partial charge in [0, 0.05) is 10.8 Å². The fourth-order valence-electron chi connectivity index (χ4n) is 0.749. The predicted octanol–water partition coefficient (Wildman–Crippen LogP) is 2.98. The molecular formula is C7H8Cl2S. The van der Waals surface area contributed by atoms with Crippen LogP contribution in [0.25, 0.3) is 0 Å². The molecule has 0 amide bonds. The summed E-state index contributed by atoms with van der Waals surface area (Å²) in [4.78, 5) is -0.304. The van der Waals surface area contributed by atoms with Crippen molar-refractivity contribution in [1.82, 2.24) is 0 Å². The van der Waals surface area contributed by atoms with Crippen LogP contribution in [-0.2, 0) is 0 Å². The van der Waals surface area contributed by atoms with Crippen molar-refractivity contribution in [3.63, 3.8) is 0 Å². The Morgan fingerprint density at radius 2 is 2.40 bits per heavy atom. The van der Waals surface area contributed by atoms with Gasteiger partial charge in [0.2, 0.25) is 0 Å². The van der Waals surface area contributed by atoms with Crippen LogP contribution in [0.3, 0.4) is 0 Å². The molecule has 0 saturated heterocycles. The second-order valence-electron chi connectivity index (χ2n) is 2.32. The van der Waals surface area contributed by atoms with E-state index in [1.165, 1.54) is 0 Å². The smallest absolute Gasteiger partial charge is 0.0752 e. The first kappa shape index (κ1) is 8.51. The fraction of sp³-hybridized carbons (Fsp3) is 0.429. The van der Waals surface area contributed by atoms with Crippen LogP contribution in [0.4, 0.5) is 0 Å². The molecule has 0 N–H and O–H groups in total. The number of rotatable bonds is 1. The highest BCUT2D eigenvalue weighted by atomic mass is 35.5. The van der Waals surface area contributed by atoms with Gasteiger partial charge in [-0.2, -0.15) is 12.6 Å². The Bertz CT molecular complexity index is 186. The van der Waals surface area contributed by atoms with Crippen molar-refractivity contribution < 1.29 is 0 Å². The number of halogens is 2. The highest BCUT2D eigenvalue weighted by Gasteiger charge is 2.22. The van der Waals surface area contributed by atoms with E-state index in [4.69, 9.17) is 23.2 Å². The van der Waals surface area contributed by atoms with E-state index in [0.717, 1.165) is 11.5 Å². The molecule has 10 heavy (non-hydrogen) atoms. The average Bonchev–Trinajstić information content (AvgIpc) is 1.96. The Balaban J connectivity index is 2.67. The normalized spacial score (nSPS) is 32.1. The van der Waals surface area contributed by atoms with Crippen molar-refractivity contribution >= 4 is 35.8 Å². The molecule has 0 radical (unpaired) electrons. The van der Waals surface area contributed by atoms with Gasteiger partial charge < -0.3 is 0 Å². The summed E-state index contributed by atoms with van der Waals surface area (Å²) in [5.74, 6) is 0.645. The summed E-state index contributed by atoms with van der Waals surface area (Å²) in [6.07, 6.45) is 6.39.